The third-order valence-electron chi connectivity index (χ3n) is 3.32. The number of ether oxygens (including phenoxy) is 1. The molecule has 0 bridgehead atoms. The van der Waals surface area contributed by atoms with Crippen molar-refractivity contribution in [3.05, 3.63) is 23.2 Å². The van der Waals surface area contributed by atoms with Crippen molar-refractivity contribution in [3.63, 3.8) is 0 Å². The normalized spacial score (nSPS) is 18.1. The van der Waals surface area contributed by atoms with Gasteiger partial charge in [0.25, 0.3) is 0 Å². The second-order valence-corrected chi connectivity index (χ2v) is 5.04. The first-order chi connectivity index (χ1) is 8.13. The number of halogens is 1. The Labute approximate surface area is 107 Å². The van der Waals surface area contributed by atoms with Crippen LogP contribution in [0, 0.1) is 0 Å². The summed E-state index contributed by atoms with van der Waals surface area (Å²) in [4.78, 5) is 0. The van der Waals surface area contributed by atoms with Gasteiger partial charge in [-0.15, -0.1) is 0 Å². The maximum absolute atomic E-state index is 10.2. The largest absolute Gasteiger partial charge is 0.497 e. The van der Waals surface area contributed by atoms with E-state index in [0.29, 0.717) is 11.6 Å². The highest BCUT2D eigenvalue weighted by Gasteiger charge is 2.30. The number of anilines is 1. The van der Waals surface area contributed by atoms with Gasteiger partial charge in [-0.3, -0.25) is 0 Å². The van der Waals surface area contributed by atoms with Gasteiger partial charge in [0.2, 0.25) is 0 Å². The lowest BCUT2D eigenvalue weighted by atomic mass is 10.0. The van der Waals surface area contributed by atoms with Crippen molar-refractivity contribution in [3.8, 4) is 5.75 Å². The summed E-state index contributed by atoms with van der Waals surface area (Å²) in [6, 6.07) is 5.46. The monoisotopic (exact) mass is 255 g/mol. The Morgan fingerprint density at radius 1 is 1.41 bits per heavy atom. The molecule has 0 atom stereocenters. The molecule has 2 N–H and O–H groups in total. The van der Waals surface area contributed by atoms with E-state index >= 15 is 0 Å². The van der Waals surface area contributed by atoms with Crippen LogP contribution in [0.25, 0.3) is 0 Å². The van der Waals surface area contributed by atoms with E-state index < -0.39 is 5.60 Å². The number of methoxy groups -OCH3 is 1. The molecule has 0 aliphatic heterocycles. The lowest BCUT2D eigenvalue weighted by Gasteiger charge is -2.23. The van der Waals surface area contributed by atoms with Gasteiger partial charge in [0, 0.05) is 12.6 Å². The van der Waals surface area contributed by atoms with Gasteiger partial charge in [-0.2, -0.15) is 0 Å². The fourth-order valence-electron chi connectivity index (χ4n) is 2.24. The van der Waals surface area contributed by atoms with E-state index in [9.17, 15) is 5.11 Å². The molecule has 1 aromatic carbocycles. The number of rotatable bonds is 4. The molecule has 1 saturated carbocycles. The maximum atomic E-state index is 10.2. The van der Waals surface area contributed by atoms with Crippen molar-refractivity contribution in [1.82, 2.24) is 0 Å². The number of benzene rings is 1. The van der Waals surface area contributed by atoms with Crippen molar-refractivity contribution >= 4 is 17.3 Å². The summed E-state index contributed by atoms with van der Waals surface area (Å²) in [6.45, 7) is 0.542. The van der Waals surface area contributed by atoms with Crippen LogP contribution < -0.4 is 10.1 Å². The van der Waals surface area contributed by atoms with Crippen molar-refractivity contribution in [2.75, 3.05) is 19.0 Å². The van der Waals surface area contributed by atoms with Crippen molar-refractivity contribution in [2.24, 2.45) is 0 Å². The van der Waals surface area contributed by atoms with Crippen LogP contribution in [0.5, 0.6) is 5.75 Å². The van der Waals surface area contributed by atoms with Gasteiger partial charge in [0.1, 0.15) is 5.75 Å². The summed E-state index contributed by atoms with van der Waals surface area (Å²) in [6.07, 6.45) is 3.93. The number of aliphatic hydroxyl groups is 1. The van der Waals surface area contributed by atoms with Crippen molar-refractivity contribution in [1.29, 1.82) is 0 Å². The Morgan fingerprint density at radius 3 is 2.76 bits per heavy atom. The molecular formula is C13H18ClNO2. The van der Waals surface area contributed by atoms with Crippen LogP contribution in [-0.2, 0) is 0 Å². The minimum absolute atomic E-state index is 0.542. The van der Waals surface area contributed by atoms with Gasteiger partial charge in [0.15, 0.2) is 0 Å². The zero-order valence-corrected chi connectivity index (χ0v) is 10.8. The SMILES string of the molecule is COc1ccc(Cl)c(NCC2(O)CCCC2)c1. The quantitative estimate of drug-likeness (QED) is 0.869. The molecule has 2 rings (SSSR count). The third-order valence-corrected chi connectivity index (χ3v) is 3.65. The molecule has 1 aromatic rings. The van der Waals surface area contributed by atoms with E-state index in [0.717, 1.165) is 37.1 Å². The van der Waals surface area contributed by atoms with Crippen LogP contribution in [0.15, 0.2) is 18.2 Å². The van der Waals surface area contributed by atoms with Crippen molar-refractivity contribution in [2.45, 2.75) is 31.3 Å². The van der Waals surface area contributed by atoms with E-state index in [2.05, 4.69) is 5.32 Å². The topological polar surface area (TPSA) is 41.5 Å². The first kappa shape index (κ1) is 12.5. The number of hydrogen-bond acceptors (Lipinski definition) is 3. The summed E-state index contributed by atoms with van der Waals surface area (Å²) in [7, 11) is 1.62. The summed E-state index contributed by atoms with van der Waals surface area (Å²) in [5, 5.41) is 14.1. The Morgan fingerprint density at radius 2 is 2.12 bits per heavy atom. The molecule has 0 saturated heterocycles. The standard InChI is InChI=1S/C13H18ClNO2/c1-17-10-4-5-11(14)12(8-10)15-9-13(16)6-2-3-7-13/h4-5,8,15-16H,2-3,6-7,9H2,1H3. The molecule has 0 amide bonds. The lowest BCUT2D eigenvalue weighted by Crippen LogP contribution is -2.33. The maximum Gasteiger partial charge on any atom is 0.121 e. The van der Waals surface area contributed by atoms with E-state index in [1.54, 1.807) is 13.2 Å². The molecule has 94 valence electrons. The van der Waals surface area contributed by atoms with Crippen LogP contribution in [0.3, 0.4) is 0 Å². The average Bonchev–Trinajstić information content (AvgIpc) is 2.76. The minimum atomic E-state index is -0.577. The van der Waals surface area contributed by atoms with E-state index in [4.69, 9.17) is 16.3 Å². The zero-order chi connectivity index (χ0) is 12.3. The van der Waals surface area contributed by atoms with Crippen LogP contribution in [0.1, 0.15) is 25.7 Å². The van der Waals surface area contributed by atoms with E-state index in [1.165, 1.54) is 0 Å². The van der Waals surface area contributed by atoms with Crippen LogP contribution in [0.2, 0.25) is 5.02 Å². The van der Waals surface area contributed by atoms with E-state index in [1.807, 2.05) is 12.1 Å². The molecule has 0 heterocycles. The Kier molecular flexibility index (Phi) is 3.79. The third kappa shape index (κ3) is 3.05. The van der Waals surface area contributed by atoms with Gasteiger partial charge < -0.3 is 15.2 Å². The molecule has 0 unspecified atom stereocenters. The molecule has 3 nitrogen and oxygen atoms in total. The first-order valence-corrected chi connectivity index (χ1v) is 6.31. The molecule has 1 fully saturated rings. The van der Waals surface area contributed by atoms with Gasteiger partial charge in [-0.1, -0.05) is 24.4 Å². The molecule has 0 spiro atoms. The Bertz CT molecular complexity index is 389. The van der Waals surface area contributed by atoms with Crippen LogP contribution in [-0.4, -0.2) is 24.4 Å². The highest BCUT2D eigenvalue weighted by atomic mass is 35.5. The highest BCUT2D eigenvalue weighted by molar-refractivity contribution is 6.33. The van der Waals surface area contributed by atoms with E-state index in [-0.39, 0.29) is 0 Å². The van der Waals surface area contributed by atoms with Gasteiger partial charge in [-0.25, -0.2) is 0 Å². The minimum Gasteiger partial charge on any atom is -0.497 e. The summed E-state index contributed by atoms with van der Waals surface area (Å²) < 4.78 is 5.15. The van der Waals surface area contributed by atoms with Gasteiger partial charge in [-0.05, 0) is 25.0 Å². The molecular weight excluding hydrogens is 238 g/mol. The fourth-order valence-corrected chi connectivity index (χ4v) is 2.42. The predicted molar refractivity (Wildman–Crippen MR) is 69.9 cm³/mol. The van der Waals surface area contributed by atoms with Crippen LogP contribution in [0.4, 0.5) is 5.69 Å². The molecule has 0 aromatic heterocycles. The number of nitrogens with one attached hydrogen (secondary N) is 1. The lowest BCUT2D eigenvalue weighted by molar-refractivity contribution is 0.0615. The smallest absolute Gasteiger partial charge is 0.121 e. The molecule has 1 aliphatic rings. The first-order valence-electron chi connectivity index (χ1n) is 5.93. The van der Waals surface area contributed by atoms with Gasteiger partial charge in [0.05, 0.1) is 23.4 Å². The average molecular weight is 256 g/mol. The highest BCUT2D eigenvalue weighted by Crippen LogP contribution is 2.32. The van der Waals surface area contributed by atoms with Crippen molar-refractivity contribution < 1.29 is 9.84 Å². The second-order valence-electron chi connectivity index (χ2n) is 4.63. The molecule has 0 radical (unpaired) electrons. The zero-order valence-electron chi connectivity index (χ0n) is 10.0. The molecule has 1 aliphatic carbocycles. The number of hydrogen-bond donors (Lipinski definition) is 2. The summed E-state index contributed by atoms with van der Waals surface area (Å²) in [5.74, 6) is 0.760. The Balaban J connectivity index is 2.02. The predicted octanol–water partition coefficient (Wildman–Crippen LogP) is 3.07. The fraction of sp³-hybridized carbons (Fsp3) is 0.538. The summed E-state index contributed by atoms with van der Waals surface area (Å²) >= 11 is 6.08. The Hall–Kier alpha value is -0.930. The molecule has 4 heteroatoms. The van der Waals surface area contributed by atoms with Gasteiger partial charge >= 0.3 is 0 Å². The summed E-state index contributed by atoms with van der Waals surface area (Å²) in [5.41, 5.74) is 0.234. The van der Waals surface area contributed by atoms with Crippen LogP contribution >= 0.6 is 11.6 Å². The second kappa shape index (κ2) is 5.15. The molecule has 17 heavy (non-hydrogen) atoms.